The summed E-state index contributed by atoms with van der Waals surface area (Å²) in [6, 6.07) is 5.83. The number of imidazole rings is 1. The number of rotatable bonds is 6. The molecule has 0 aliphatic carbocycles. The van der Waals surface area contributed by atoms with Crippen LogP contribution in [0.5, 0.6) is 0 Å². The molecule has 1 amide bonds. The molecular weight excluding hydrogens is 238 g/mol. The molecule has 2 rings (SSSR count). The first-order valence-electron chi connectivity index (χ1n) is 6.88. The van der Waals surface area contributed by atoms with Crippen LogP contribution in [0.2, 0.25) is 0 Å². The normalized spacial score (nSPS) is 11.9. The molecule has 0 saturated heterocycles. The fourth-order valence-corrected chi connectivity index (χ4v) is 2.89. The molecule has 0 bridgehead atoms. The van der Waals surface area contributed by atoms with Crippen molar-refractivity contribution in [1.29, 1.82) is 0 Å². The lowest BCUT2D eigenvalue weighted by Crippen LogP contribution is -2.42. The molecule has 2 aromatic heterocycles. The Labute approximate surface area is 113 Å². The zero-order chi connectivity index (χ0) is 13.9. The predicted molar refractivity (Wildman–Crippen MR) is 75.9 cm³/mol. The second kappa shape index (κ2) is 5.43. The van der Waals surface area contributed by atoms with Crippen LogP contribution < -0.4 is 5.73 Å². The highest BCUT2D eigenvalue weighted by Gasteiger charge is 2.39. The van der Waals surface area contributed by atoms with Gasteiger partial charge in [-0.3, -0.25) is 4.79 Å². The van der Waals surface area contributed by atoms with E-state index in [1.54, 1.807) is 6.20 Å². The second-order valence-corrected chi connectivity index (χ2v) is 5.02. The summed E-state index contributed by atoms with van der Waals surface area (Å²) in [5.74, 6) is -0.248. The van der Waals surface area contributed by atoms with E-state index in [0.717, 1.165) is 37.0 Å². The van der Waals surface area contributed by atoms with Crippen LogP contribution in [0.25, 0.3) is 5.65 Å². The Kier molecular flexibility index (Phi) is 3.88. The number of hydrogen-bond donors (Lipinski definition) is 1. The summed E-state index contributed by atoms with van der Waals surface area (Å²) >= 11 is 0. The van der Waals surface area contributed by atoms with Crippen LogP contribution in [0.1, 0.15) is 45.2 Å². The maximum Gasteiger partial charge on any atom is 0.229 e. The number of primary amides is 1. The van der Waals surface area contributed by atoms with Crippen LogP contribution in [-0.4, -0.2) is 15.3 Å². The third-order valence-corrected chi connectivity index (χ3v) is 3.73. The molecule has 0 spiro atoms. The van der Waals surface area contributed by atoms with Crippen molar-refractivity contribution in [1.82, 2.24) is 9.38 Å². The van der Waals surface area contributed by atoms with Gasteiger partial charge in [0.05, 0.1) is 17.3 Å². The van der Waals surface area contributed by atoms with Gasteiger partial charge in [0.2, 0.25) is 5.91 Å². The molecule has 0 fully saturated rings. The minimum Gasteiger partial charge on any atom is -0.369 e. The Morgan fingerprint density at radius 2 is 2.00 bits per heavy atom. The quantitative estimate of drug-likeness (QED) is 0.867. The highest BCUT2D eigenvalue weighted by Crippen LogP contribution is 2.34. The van der Waals surface area contributed by atoms with Crippen molar-refractivity contribution in [2.24, 2.45) is 5.73 Å². The van der Waals surface area contributed by atoms with E-state index >= 15 is 0 Å². The topological polar surface area (TPSA) is 60.4 Å². The molecule has 102 valence electrons. The molecule has 2 N–H and O–H groups in total. The molecule has 0 aromatic carbocycles. The van der Waals surface area contributed by atoms with Gasteiger partial charge in [-0.2, -0.15) is 0 Å². The first kappa shape index (κ1) is 13.6. The maximum absolute atomic E-state index is 12.1. The van der Waals surface area contributed by atoms with Crippen LogP contribution in [0, 0.1) is 0 Å². The molecule has 0 aliphatic heterocycles. The monoisotopic (exact) mass is 259 g/mol. The highest BCUT2D eigenvalue weighted by atomic mass is 16.1. The first-order valence-corrected chi connectivity index (χ1v) is 6.88. The van der Waals surface area contributed by atoms with Gasteiger partial charge < -0.3 is 10.1 Å². The number of nitrogens with zero attached hydrogens (tertiary/aromatic N) is 2. The Hall–Kier alpha value is -1.84. The summed E-state index contributed by atoms with van der Waals surface area (Å²) in [5.41, 5.74) is 6.91. The largest absolute Gasteiger partial charge is 0.369 e. The molecule has 2 aromatic rings. The second-order valence-electron chi connectivity index (χ2n) is 5.02. The standard InChI is InChI=1S/C15H21N3O/c1-3-8-15(9-4-2,14(16)19)12-11-17-13-7-5-6-10-18(12)13/h5-7,10-11H,3-4,8-9H2,1-2H3,(H2,16,19). The third-order valence-electron chi connectivity index (χ3n) is 3.73. The molecule has 0 radical (unpaired) electrons. The number of amides is 1. The number of carbonyl (C=O) groups is 1. The number of pyridine rings is 1. The van der Waals surface area contributed by atoms with Crippen molar-refractivity contribution in [3.05, 3.63) is 36.3 Å². The number of hydrogen-bond acceptors (Lipinski definition) is 2. The van der Waals surface area contributed by atoms with E-state index in [9.17, 15) is 4.79 Å². The van der Waals surface area contributed by atoms with Gasteiger partial charge in [0.15, 0.2) is 0 Å². The van der Waals surface area contributed by atoms with E-state index in [4.69, 9.17) is 5.73 Å². The zero-order valence-electron chi connectivity index (χ0n) is 11.6. The van der Waals surface area contributed by atoms with Crippen molar-refractivity contribution in [2.45, 2.75) is 44.9 Å². The van der Waals surface area contributed by atoms with E-state index in [-0.39, 0.29) is 5.91 Å². The molecule has 0 atom stereocenters. The van der Waals surface area contributed by atoms with Gasteiger partial charge in [0.1, 0.15) is 5.65 Å². The van der Waals surface area contributed by atoms with Crippen molar-refractivity contribution in [3.63, 3.8) is 0 Å². The summed E-state index contributed by atoms with van der Waals surface area (Å²) in [7, 11) is 0. The van der Waals surface area contributed by atoms with E-state index in [2.05, 4.69) is 18.8 Å². The number of fused-ring (bicyclic) bond motifs is 1. The molecule has 2 heterocycles. The lowest BCUT2D eigenvalue weighted by Gasteiger charge is -2.29. The fraction of sp³-hybridized carbons (Fsp3) is 0.467. The molecule has 0 saturated carbocycles. The molecule has 4 nitrogen and oxygen atoms in total. The molecule has 0 unspecified atom stereocenters. The number of carbonyl (C=O) groups excluding carboxylic acids is 1. The minimum atomic E-state index is -0.607. The van der Waals surface area contributed by atoms with Gasteiger partial charge in [0.25, 0.3) is 0 Å². The van der Waals surface area contributed by atoms with Gasteiger partial charge in [-0.15, -0.1) is 0 Å². The Morgan fingerprint density at radius 1 is 1.32 bits per heavy atom. The van der Waals surface area contributed by atoms with Crippen molar-refractivity contribution < 1.29 is 4.79 Å². The maximum atomic E-state index is 12.1. The summed E-state index contributed by atoms with van der Waals surface area (Å²) < 4.78 is 1.98. The summed E-state index contributed by atoms with van der Waals surface area (Å²) in [6.45, 7) is 4.16. The Morgan fingerprint density at radius 3 is 2.58 bits per heavy atom. The van der Waals surface area contributed by atoms with Crippen molar-refractivity contribution in [3.8, 4) is 0 Å². The molecule has 4 heteroatoms. The molecule has 19 heavy (non-hydrogen) atoms. The summed E-state index contributed by atoms with van der Waals surface area (Å²) in [6.07, 6.45) is 7.11. The van der Waals surface area contributed by atoms with E-state index in [1.165, 1.54) is 0 Å². The van der Waals surface area contributed by atoms with E-state index in [0.29, 0.717) is 0 Å². The summed E-state index contributed by atoms with van der Waals surface area (Å²) in [4.78, 5) is 16.5. The lowest BCUT2D eigenvalue weighted by molar-refractivity contribution is -0.124. The van der Waals surface area contributed by atoms with Gasteiger partial charge in [0, 0.05) is 6.20 Å². The summed E-state index contributed by atoms with van der Waals surface area (Å²) in [5, 5.41) is 0. The smallest absolute Gasteiger partial charge is 0.229 e. The van der Waals surface area contributed by atoms with Crippen molar-refractivity contribution >= 4 is 11.6 Å². The molecule has 0 aliphatic rings. The zero-order valence-corrected chi connectivity index (χ0v) is 11.6. The van der Waals surface area contributed by atoms with Gasteiger partial charge in [-0.25, -0.2) is 4.98 Å². The average Bonchev–Trinajstić information content (AvgIpc) is 2.82. The van der Waals surface area contributed by atoms with E-state index < -0.39 is 5.41 Å². The Bertz CT molecular complexity index is 568. The number of aromatic nitrogens is 2. The fourth-order valence-electron chi connectivity index (χ4n) is 2.89. The average molecular weight is 259 g/mol. The van der Waals surface area contributed by atoms with Gasteiger partial charge in [-0.05, 0) is 25.0 Å². The minimum absolute atomic E-state index is 0.248. The molecular formula is C15H21N3O. The third kappa shape index (κ3) is 2.23. The van der Waals surface area contributed by atoms with Gasteiger partial charge >= 0.3 is 0 Å². The highest BCUT2D eigenvalue weighted by molar-refractivity contribution is 5.86. The Balaban J connectivity index is 2.62. The lowest BCUT2D eigenvalue weighted by atomic mass is 9.76. The van der Waals surface area contributed by atoms with Crippen LogP contribution in [-0.2, 0) is 10.2 Å². The van der Waals surface area contributed by atoms with Crippen LogP contribution >= 0.6 is 0 Å². The number of nitrogens with two attached hydrogens (primary N) is 1. The van der Waals surface area contributed by atoms with Crippen molar-refractivity contribution in [2.75, 3.05) is 0 Å². The van der Waals surface area contributed by atoms with Crippen LogP contribution in [0.3, 0.4) is 0 Å². The first-order chi connectivity index (χ1) is 9.15. The SMILES string of the molecule is CCCC(CCC)(C(N)=O)c1cnc2ccccn12. The van der Waals surface area contributed by atoms with Crippen LogP contribution in [0.15, 0.2) is 30.6 Å². The predicted octanol–water partition coefficient (Wildman–Crippen LogP) is 2.66. The van der Waals surface area contributed by atoms with Gasteiger partial charge in [-0.1, -0.05) is 32.8 Å². The van der Waals surface area contributed by atoms with Crippen LogP contribution in [0.4, 0.5) is 0 Å². The van der Waals surface area contributed by atoms with E-state index in [1.807, 2.05) is 28.8 Å².